The van der Waals surface area contributed by atoms with Crippen LogP contribution in [0.25, 0.3) is 0 Å². The predicted molar refractivity (Wildman–Crippen MR) is 58.0 cm³/mol. The first kappa shape index (κ1) is 12.5. The van der Waals surface area contributed by atoms with E-state index in [0.717, 1.165) is 0 Å². The van der Waals surface area contributed by atoms with Gasteiger partial charge < -0.3 is 0 Å². The minimum Gasteiger partial charge on any atom is -0.293 e. The van der Waals surface area contributed by atoms with Crippen LogP contribution in [0.15, 0.2) is 9.98 Å². The Morgan fingerprint density at radius 2 is 2.00 bits per heavy atom. The van der Waals surface area contributed by atoms with E-state index in [2.05, 4.69) is 9.98 Å². The zero-order chi connectivity index (χ0) is 12.4. The Labute approximate surface area is 93.7 Å². The topological polar surface area (TPSA) is 75.9 Å². The van der Waals surface area contributed by atoms with Crippen molar-refractivity contribution < 1.29 is 14.4 Å². The van der Waals surface area contributed by atoms with Crippen LogP contribution >= 0.6 is 0 Å². The van der Waals surface area contributed by atoms with Crippen LogP contribution in [0.3, 0.4) is 0 Å². The number of ketones is 1. The van der Waals surface area contributed by atoms with Gasteiger partial charge in [-0.15, -0.1) is 0 Å². The average molecular weight is 222 g/mol. The molecule has 1 unspecified atom stereocenters. The van der Waals surface area contributed by atoms with Crippen molar-refractivity contribution in [3.63, 3.8) is 0 Å². The lowest BCUT2D eigenvalue weighted by Crippen LogP contribution is -2.48. The summed E-state index contributed by atoms with van der Waals surface area (Å²) in [5.74, 6) is -0.232. The standard InChI is InChI=1S/C11H14N2O3/c1-10(2)4-8(16)9(12-6-14)11(3,5-10)13-7-15/h6H,4-5H2,1-3H3. The molecule has 0 heterocycles. The molecule has 0 spiro atoms. The maximum atomic E-state index is 11.8. The fraction of sp³-hybridized carbons (Fsp3) is 0.636. The average Bonchev–Trinajstić information content (AvgIpc) is 2.10. The van der Waals surface area contributed by atoms with Crippen molar-refractivity contribution in [2.45, 2.75) is 39.2 Å². The van der Waals surface area contributed by atoms with E-state index in [-0.39, 0.29) is 16.9 Å². The van der Waals surface area contributed by atoms with Gasteiger partial charge in [-0.25, -0.2) is 9.79 Å². The lowest BCUT2D eigenvalue weighted by molar-refractivity contribution is -0.116. The van der Waals surface area contributed by atoms with Gasteiger partial charge in [0.25, 0.3) is 0 Å². The van der Waals surface area contributed by atoms with Crippen molar-refractivity contribution >= 4 is 24.0 Å². The third-order valence-corrected chi connectivity index (χ3v) is 2.71. The highest BCUT2D eigenvalue weighted by Gasteiger charge is 2.46. The highest BCUT2D eigenvalue weighted by Crippen LogP contribution is 2.39. The molecule has 5 heteroatoms. The van der Waals surface area contributed by atoms with E-state index in [1.807, 2.05) is 13.8 Å². The van der Waals surface area contributed by atoms with E-state index in [9.17, 15) is 14.4 Å². The number of nitrogens with zero attached hydrogens (tertiary/aromatic N) is 2. The Bertz CT molecular complexity index is 405. The molecule has 5 nitrogen and oxygen atoms in total. The highest BCUT2D eigenvalue weighted by atomic mass is 16.1. The zero-order valence-corrected chi connectivity index (χ0v) is 9.61. The van der Waals surface area contributed by atoms with Crippen LogP contribution in [0, 0.1) is 5.41 Å². The molecule has 1 amide bonds. The van der Waals surface area contributed by atoms with Gasteiger partial charge in [0.05, 0.1) is 0 Å². The minimum absolute atomic E-state index is 0.0603. The maximum Gasteiger partial charge on any atom is 0.235 e. The fourth-order valence-electron chi connectivity index (χ4n) is 2.35. The summed E-state index contributed by atoms with van der Waals surface area (Å²) in [4.78, 5) is 39.8. The largest absolute Gasteiger partial charge is 0.293 e. The summed E-state index contributed by atoms with van der Waals surface area (Å²) < 4.78 is 0. The van der Waals surface area contributed by atoms with Gasteiger partial charge in [0, 0.05) is 6.42 Å². The maximum absolute atomic E-state index is 11.8. The van der Waals surface area contributed by atoms with Crippen LogP contribution in [-0.2, 0) is 14.4 Å². The fourth-order valence-corrected chi connectivity index (χ4v) is 2.35. The van der Waals surface area contributed by atoms with E-state index in [1.54, 1.807) is 6.92 Å². The third kappa shape index (κ3) is 2.31. The van der Waals surface area contributed by atoms with Gasteiger partial charge in [-0.1, -0.05) is 13.8 Å². The van der Waals surface area contributed by atoms with Crippen LogP contribution in [0.2, 0.25) is 0 Å². The molecule has 86 valence electrons. The molecule has 0 aromatic carbocycles. The predicted octanol–water partition coefficient (Wildman–Crippen LogP) is 1.07. The number of carbonyl (C=O) groups excluding carboxylic acids is 3. The number of aliphatic imine (C=N–C) groups is 2. The summed E-state index contributed by atoms with van der Waals surface area (Å²) in [7, 11) is 0. The van der Waals surface area contributed by atoms with E-state index in [0.29, 0.717) is 19.3 Å². The Balaban J connectivity index is 3.27. The van der Waals surface area contributed by atoms with Crippen LogP contribution in [0.1, 0.15) is 33.6 Å². The van der Waals surface area contributed by atoms with E-state index in [4.69, 9.17) is 0 Å². The van der Waals surface area contributed by atoms with Crippen molar-refractivity contribution in [1.29, 1.82) is 0 Å². The van der Waals surface area contributed by atoms with Crippen LogP contribution in [0.5, 0.6) is 0 Å². The molecule has 1 atom stereocenters. The molecule has 1 aliphatic carbocycles. The first-order valence-corrected chi connectivity index (χ1v) is 4.99. The Morgan fingerprint density at radius 1 is 1.38 bits per heavy atom. The summed E-state index contributed by atoms with van der Waals surface area (Å²) in [6.07, 6.45) is 2.56. The van der Waals surface area contributed by atoms with Crippen LogP contribution < -0.4 is 0 Å². The molecule has 0 aliphatic heterocycles. The second kappa shape index (κ2) is 4.10. The normalized spacial score (nSPS) is 30.9. The smallest absolute Gasteiger partial charge is 0.235 e. The number of rotatable bonds is 2. The summed E-state index contributed by atoms with van der Waals surface area (Å²) in [5.41, 5.74) is -1.22. The SMILES string of the molecule is CC1(C)CC(=O)C(=NC=O)C(C)(N=C=O)C1. The lowest BCUT2D eigenvalue weighted by atomic mass is 9.67. The second-order valence-corrected chi connectivity index (χ2v) is 5.00. The molecular weight excluding hydrogens is 208 g/mol. The van der Waals surface area contributed by atoms with Gasteiger partial charge in [-0.05, 0) is 18.8 Å². The zero-order valence-electron chi connectivity index (χ0n) is 9.61. The molecule has 1 saturated carbocycles. The molecule has 0 aromatic heterocycles. The van der Waals surface area contributed by atoms with E-state index < -0.39 is 5.54 Å². The quantitative estimate of drug-likeness (QED) is 0.398. The molecule has 0 N–H and O–H groups in total. The molecule has 16 heavy (non-hydrogen) atoms. The van der Waals surface area contributed by atoms with Crippen molar-refractivity contribution in [1.82, 2.24) is 0 Å². The molecule has 0 saturated heterocycles. The molecule has 0 bridgehead atoms. The Morgan fingerprint density at radius 3 is 2.50 bits per heavy atom. The molecule has 0 radical (unpaired) electrons. The van der Waals surface area contributed by atoms with E-state index in [1.165, 1.54) is 6.08 Å². The lowest BCUT2D eigenvalue weighted by Gasteiger charge is -2.38. The summed E-state index contributed by atoms with van der Waals surface area (Å²) >= 11 is 0. The number of hydrogen-bond acceptors (Lipinski definition) is 4. The number of isocyanates is 1. The first-order chi connectivity index (χ1) is 7.34. The molecule has 1 aliphatic rings. The van der Waals surface area contributed by atoms with E-state index >= 15 is 0 Å². The van der Waals surface area contributed by atoms with Gasteiger partial charge in [-0.3, -0.25) is 9.59 Å². The van der Waals surface area contributed by atoms with Crippen molar-refractivity contribution in [2.75, 3.05) is 0 Å². The third-order valence-electron chi connectivity index (χ3n) is 2.71. The molecular formula is C11H14N2O3. The number of Topliss-reactive ketones (excluding diaryl/α,β-unsaturated/α-hetero) is 1. The molecule has 0 aromatic rings. The molecule has 1 fully saturated rings. The number of hydrogen-bond donors (Lipinski definition) is 0. The van der Waals surface area contributed by atoms with Crippen molar-refractivity contribution in [3.05, 3.63) is 0 Å². The van der Waals surface area contributed by atoms with Gasteiger partial charge >= 0.3 is 0 Å². The molecule has 1 rings (SSSR count). The summed E-state index contributed by atoms with van der Waals surface area (Å²) in [5, 5.41) is 0. The van der Waals surface area contributed by atoms with Gasteiger partial charge in [0.15, 0.2) is 5.78 Å². The minimum atomic E-state index is -1.03. The Hall–Kier alpha value is -1.61. The van der Waals surface area contributed by atoms with Crippen molar-refractivity contribution in [3.8, 4) is 0 Å². The monoisotopic (exact) mass is 222 g/mol. The number of carbonyl (C=O) groups is 2. The van der Waals surface area contributed by atoms with Gasteiger partial charge in [0.2, 0.25) is 12.5 Å². The highest BCUT2D eigenvalue weighted by molar-refractivity contribution is 6.44. The number of amides is 1. The second-order valence-electron chi connectivity index (χ2n) is 5.00. The Kier molecular flexibility index (Phi) is 3.19. The van der Waals surface area contributed by atoms with Crippen LogP contribution in [-0.4, -0.2) is 29.5 Å². The van der Waals surface area contributed by atoms with Crippen LogP contribution in [0.4, 0.5) is 0 Å². The summed E-state index contributed by atoms with van der Waals surface area (Å²) in [6.45, 7) is 5.46. The van der Waals surface area contributed by atoms with Gasteiger partial charge in [0.1, 0.15) is 11.3 Å². The van der Waals surface area contributed by atoms with Crippen molar-refractivity contribution in [2.24, 2.45) is 15.4 Å². The summed E-state index contributed by atoms with van der Waals surface area (Å²) in [6, 6.07) is 0. The first-order valence-electron chi connectivity index (χ1n) is 4.99. The van der Waals surface area contributed by atoms with Gasteiger partial charge in [-0.2, -0.15) is 4.99 Å².